The average molecular weight is 559 g/mol. The number of carbonyl (C=O) groups excluding carboxylic acids is 3. The van der Waals surface area contributed by atoms with Gasteiger partial charge >= 0.3 is 6.03 Å². The minimum Gasteiger partial charge on any atom is -0.378 e. The lowest BCUT2D eigenvalue weighted by Gasteiger charge is -2.38. The van der Waals surface area contributed by atoms with Gasteiger partial charge in [-0.05, 0) is 36.6 Å². The molecule has 2 aromatic carbocycles. The van der Waals surface area contributed by atoms with Gasteiger partial charge in [0.05, 0.1) is 18.9 Å². The van der Waals surface area contributed by atoms with Gasteiger partial charge in [0, 0.05) is 62.7 Å². The summed E-state index contributed by atoms with van der Waals surface area (Å²) in [6, 6.07) is 16.9. The molecule has 3 amide bonds. The predicted molar refractivity (Wildman–Crippen MR) is 156 cm³/mol. The number of nitrogens with two attached hydrogens (primary N) is 1. The zero-order valence-electron chi connectivity index (χ0n) is 24.0. The Kier molecular flexibility index (Phi) is 8.51. The number of hydrogen-bond acceptors (Lipinski definition) is 7. The summed E-state index contributed by atoms with van der Waals surface area (Å²) in [6.07, 6.45) is 0.573. The van der Waals surface area contributed by atoms with Crippen LogP contribution in [0.2, 0.25) is 0 Å². The lowest BCUT2D eigenvalue weighted by Crippen LogP contribution is -2.54. The van der Waals surface area contributed by atoms with Gasteiger partial charge in [-0.1, -0.05) is 49.4 Å². The zero-order valence-corrected chi connectivity index (χ0v) is 24.0. The van der Waals surface area contributed by atoms with Crippen molar-refractivity contribution in [1.29, 1.82) is 0 Å². The number of aromatic nitrogens is 2. The van der Waals surface area contributed by atoms with Crippen LogP contribution in [0.4, 0.5) is 10.6 Å². The number of rotatable bonds is 6. The summed E-state index contributed by atoms with van der Waals surface area (Å²) >= 11 is 0. The van der Waals surface area contributed by atoms with Crippen LogP contribution in [0.1, 0.15) is 52.0 Å². The third kappa shape index (κ3) is 5.75. The molecule has 5 rings (SSSR count). The van der Waals surface area contributed by atoms with E-state index in [0.29, 0.717) is 69.4 Å². The number of anilines is 1. The topological polar surface area (TPSA) is 114 Å². The second kappa shape index (κ2) is 12.2. The lowest BCUT2D eigenvalue weighted by atomic mass is 9.82. The molecular weight excluding hydrogens is 520 g/mol. The first-order chi connectivity index (χ1) is 19.8. The summed E-state index contributed by atoms with van der Waals surface area (Å²) < 4.78 is 6.83. The van der Waals surface area contributed by atoms with Crippen LogP contribution in [-0.2, 0) is 22.6 Å². The Morgan fingerprint density at radius 3 is 2.34 bits per heavy atom. The van der Waals surface area contributed by atoms with Gasteiger partial charge in [0.1, 0.15) is 5.82 Å². The van der Waals surface area contributed by atoms with Gasteiger partial charge in [0.25, 0.3) is 5.91 Å². The molecule has 2 unspecified atom stereocenters. The van der Waals surface area contributed by atoms with Crippen molar-refractivity contribution < 1.29 is 19.1 Å². The van der Waals surface area contributed by atoms with Crippen molar-refractivity contribution in [3.8, 4) is 0 Å². The molecule has 2 N–H and O–H groups in total. The van der Waals surface area contributed by atoms with Crippen molar-refractivity contribution in [1.82, 2.24) is 19.6 Å². The highest BCUT2D eigenvalue weighted by atomic mass is 16.5. The van der Waals surface area contributed by atoms with Crippen molar-refractivity contribution in [2.24, 2.45) is 11.7 Å². The zero-order chi connectivity index (χ0) is 29.1. The molecule has 0 radical (unpaired) electrons. The van der Waals surface area contributed by atoms with Crippen molar-refractivity contribution in [3.63, 3.8) is 0 Å². The second-order valence-corrected chi connectivity index (χ2v) is 10.8. The van der Waals surface area contributed by atoms with Crippen molar-refractivity contribution >= 4 is 23.7 Å². The van der Waals surface area contributed by atoms with E-state index >= 15 is 0 Å². The second-order valence-electron chi connectivity index (χ2n) is 10.8. The van der Waals surface area contributed by atoms with Gasteiger partial charge in [0.15, 0.2) is 0 Å². The van der Waals surface area contributed by atoms with Crippen LogP contribution in [0.25, 0.3) is 0 Å². The molecule has 2 aliphatic rings. The first-order valence-electron chi connectivity index (χ1n) is 14.2. The van der Waals surface area contributed by atoms with E-state index < -0.39 is 5.92 Å². The number of carbonyl (C=O) groups is 3. The number of urea groups is 1. The maximum atomic E-state index is 13.7. The van der Waals surface area contributed by atoms with Gasteiger partial charge in [-0.3, -0.25) is 14.5 Å². The number of benzene rings is 2. The normalized spacial score (nSPS) is 19.4. The quantitative estimate of drug-likeness (QED) is 0.493. The highest BCUT2D eigenvalue weighted by molar-refractivity contribution is 5.98. The number of ether oxygens (including phenoxy) is 1. The number of imide groups is 1. The Bertz CT molecular complexity index is 1400. The van der Waals surface area contributed by atoms with Gasteiger partial charge in [0.2, 0.25) is 5.91 Å². The molecule has 10 heteroatoms. The molecule has 2 saturated heterocycles. The lowest BCUT2D eigenvalue weighted by molar-refractivity contribution is -0.136. The van der Waals surface area contributed by atoms with E-state index in [-0.39, 0.29) is 23.8 Å². The molecule has 1 aromatic heterocycles. The van der Waals surface area contributed by atoms with E-state index in [1.165, 1.54) is 9.58 Å². The van der Waals surface area contributed by atoms with Crippen LogP contribution in [0.3, 0.4) is 0 Å². The average Bonchev–Trinajstić information content (AvgIpc) is 3.35. The highest BCUT2D eigenvalue weighted by Gasteiger charge is 2.41. The smallest absolute Gasteiger partial charge is 0.326 e. The van der Waals surface area contributed by atoms with E-state index in [1.54, 1.807) is 17.0 Å². The highest BCUT2D eigenvalue weighted by Crippen LogP contribution is 2.38. The number of hydrogen-bond donors (Lipinski definition) is 1. The van der Waals surface area contributed by atoms with Crippen molar-refractivity contribution in [2.45, 2.75) is 39.3 Å². The molecule has 41 heavy (non-hydrogen) atoms. The molecule has 3 aromatic rings. The molecule has 0 bridgehead atoms. The van der Waals surface area contributed by atoms with Gasteiger partial charge in [-0.15, -0.1) is 0 Å². The van der Waals surface area contributed by atoms with Gasteiger partial charge in [-0.25, -0.2) is 4.79 Å². The summed E-state index contributed by atoms with van der Waals surface area (Å²) in [5.74, 6) is -0.458. The van der Waals surface area contributed by atoms with Crippen LogP contribution in [0, 0.1) is 12.8 Å². The van der Waals surface area contributed by atoms with Crippen molar-refractivity contribution in [2.75, 3.05) is 44.8 Å². The molecule has 2 fully saturated rings. The molecule has 3 heterocycles. The standard InChI is InChI=1S/C31H38N6O4/c1-21-26(13-14-36(29(21)38)31(40)35-15-17-41-18-16-35)27-22(2)28(34(3)20-24-11-9-23(19-32)10-12-24)37(33-27)30(39)25-7-5-4-6-8-25/h4-12,21,26H,13-20,32H2,1-3H3. The molecule has 2 aliphatic heterocycles. The third-order valence-corrected chi connectivity index (χ3v) is 8.17. The monoisotopic (exact) mass is 558 g/mol. The van der Waals surface area contributed by atoms with E-state index in [1.807, 2.05) is 68.3 Å². The maximum absolute atomic E-state index is 13.7. The fourth-order valence-corrected chi connectivity index (χ4v) is 5.81. The summed E-state index contributed by atoms with van der Waals surface area (Å²) in [5, 5.41) is 4.87. The van der Waals surface area contributed by atoms with Crippen LogP contribution >= 0.6 is 0 Å². The summed E-state index contributed by atoms with van der Waals surface area (Å²) in [6.45, 7) is 7.07. The fraction of sp³-hybridized carbons (Fsp3) is 0.419. The number of nitrogens with zero attached hydrogens (tertiary/aromatic N) is 5. The van der Waals surface area contributed by atoms with Gasteiger partial charge in [-0.2, -0.15) is 9.78 Å². The first-order valence-corrected chi connectivity index (χ1v) is 14.2. The SMILES string of the molecule is Cc1c(C2CCN(C(=O)N3CCOCC3)C(=O)C2C)nn(C(=O)c2ccccc2)c1N(C)Cc1ccc(CN)cc1. The summed E-state index contributed by atoms with van der Waals surface area (Å²) in [4.78, 5) is 45.4. The summed E-state index contributed by atoms with van der Waals surface area (Å²) in [5.41, 5.74) is 9.99. The van der Waals surface area contributed by atoms with E-state index in [4.69, 9.17) is 15.6 Å². The van der Waals surface area contributed by atoms with E-state index in [0.717, 1.165) is 16.7 Å². The van der Waals surface area contributed by atoms with Crippen LogP contribution in [0.15, 0.2) is 54.6 Å². The number of amides is 3. The number of morpholine rings is 1. The molecule has 2 atom stereocenters. The minimum absolute atomic E-state index is 0.212. The fourth-order valence-electron chi connectivity index (χ4n) is 5.81. The molecule has 0 saturated carbocycles. The van der Waals surface area contributed by atoms with Crippen LogP contribution in [-0.4, -0.2) is 77.3 Å². The molecule has 216 valence electrons. The Hall–Kier alpha value is -4.02. The third-order valence-electron chi connectivity index (χ3n) is 8.17. The maximum Gasteiger partial charge on any atom is 0.326 e. The van der Waals surface area contributed by atoms with Crippen LogP contribution < -0.4 is 10.6 Å². The molecular formula is C31H38N6O4. The largest absolute Gasteiger partial charge is 0.378 e. The molecule has 0 spiro atoms. The predicted octanol–water partition coefficient (Wildman–Crippen LogP) is 3.38. The minimum atomic E-state index is -0.468. The number of piperidine rings is 1. The Morgan fingerprint density at radius 2 is 1.68 bits per heavy atom. The Balaban J connectivity index is 1.45. The molecule has 0 aliphatic carbocycles. The summed E-state index contributed by atoms with van der Waals surface area (Å²) in [7, 11) is 1.94. The van der Waals surface area contributed by atoms with E-state index in [9.17, 15) is 14.4 Å². The Labute approximate surface area is 240 Å². The number of likely N-dealkylation sites (tertiary alicyclic amines) is 1. The van der Waals surface area contributed by atoms with Crippen molar-refractivity contribution in [3.05, 3.63) is 82.5 Å². The van der Waals surface area contributed by atoms with Gasteiger partial charge < -0.3 is 20.3 Å². The molecule has 10 nitrogen and oxygen atoms in total. The van der Waals surface area contributed by atoms with E-state index in [2.05, 4.69) is 0 Å². The first kappa shape index (κ1) is 28.5. The Morgan fingerprint density at radius 1 is 1.02 bits per heavy atom. The van der Waals surface area contributed by atoms with Crippen LogP contribution in [0.5, 0.6) is 0 Å².